The molecule has 1 heterocycles. The van der Waals surface area contributed by atoms with Gasteiger partial charge in [0.25, 0.3) is 5.91 Å². The molecule has 0 aliphatic rings. The normalized spacial score (nSPS) is 10.8. The molecule has 6 nitrogen and oxygen atoms in total. The molecule has 0 aliphatic heterocycles. The highest BCUT2D eigenvalue weighted by molar-refractivity contribution is 7.80. The maximum atomic E-state index is 12.5. The zero-order valence-electron chi connectivity index (χ0n) is 16.9. The summed E-state index contributed by atoms with van der Waals surface area (Å²) in [6.45, 7) is 0. The number of amides is 2. The van der Waals surface area contributed by atoms with Gasteiger partial charge in [0.1, 0.15) is 5.58 Å². The molecule has 0 saturated carbocycles. The van der Waals surface area contributed by atoms with Crippen molar-refractivity contribution in [3.05, 3.63) is 102 Å². The van der Waals surface area contributed by atoms with Gasteiger partial charge in [-0.1, -0.05) is 54.6 Å². The fourth-order valence-corrected chi connectivity index (χ4v) is 3.23. The lowest BCUT2D eigenvalue weighted by molar-refractivity contribution is -0.115. The van der Waals surface area contributed by atoms with E-state index in [1.165, 1.54) is 6.08 Å². The number of para-hydroxylation sites is 1. The van der Waals surface area contributed by atoms with E-state index in [1.807, 2.05) is 48.5 Å². The lowest BCUT2D eigenvalue weighted by Crippen LogP contribution is -2.32. The second-order valence-electron chi connectivity index (χ2n) is 6.87. The Balaban J connectivity index is 1.35. The van der Waals surface area contributed by atoms with Crippen molar-refractivity contribution < 1.29 is 14.0 Å². The van der Waals surface area contributed by atoms with Crippen LogP contribution in [0.4, 0.5) is 11.4 Å². The Hall–Kier alpha value is -4.23. The summed E-state index contributed by atoms with van der Waals surface area (Å²) in [4.78, 5) is 24.6. The summed E-state index contributed by atoms with van der Waals surface area (Å²) in [5.74, 6) is -0.487. The van der Waals surface area contributed by atoms with Crippen LogP contribution in [0.15, 0.2) is 95.4 Å². The number of thiocarbonyl (C=S) groups is 1. The van der Waals surface area contributed by atoms with Crippen molar-refractivity contribution >= 4 is 57.6 Å². The predicted octanol–water partition coefficient (Wildman–Crippen LogP) is 5.21. The van der Waals surface area contributed by atoms with Crippen molar-refractivity contribution in [1.82, 2.24) is 5.32 Å². The highest BCUT2D eigenvalue weighted by Gasteiger charge is 2.12. The number of benzene rings is 3. The van der Waals surface area contributed by atoms with E-state index in [-0.39, 0.29) is 22.7 Å². The summed E-state index contributed by atoms with van der Waals surface area (Å²) in [7, 11) is 0. The molecule has 2 amide bonds. The van der Waals surface area contributed by atoms with Crippen LogP contribution >= 0.6 is 12.2 Å². The molecule has 0 fully saturated rings. The molecular formula is C25H19N3O3S. The number of hydrogen-bond donors (Lipinski definition) is 3. The topological polar surface area (TPSA) is 83.4 Å². The average Bonchev–Trinajstić information content (AvgIpc) is 3.23. The minimum atomic E-state index is -0.361. The molecule has 0 bridgehead atoms. The molecule has 0 spiro atoms. The van der Waals surface area contributed by atoms with E-state index in [9.17, 15) is 9.59 Å². The Morgan fingerprint density at radius 1 is 0.812 bits per heavy atom. The molecule has 1 aromatic heterocycles. The molecule has 158 valence electrons. The number of fused-ring (bicyclic) bond motifs is 1. The van der Waals surface area contributed by atoms with Crippen molar-refractivity contribution in [2.45, 2.75) is 0 Å². The van der Waals surface area contributed by atoms with Gasteiger partial charge >= 0.3 is 0 Å². The maximum absolute atomic E-state index is 12.5. The van der Waals surface area contributed by atoms with Crippen LogP contribution in [0.3, 0.4) is 0 Å². The number of furan rings is 1. The van der Waals surface area contributed by atoms with Gasteiger partial charge in [0, 0.05) is 22.8 Å². The number of nitrogens with one attached hydrogen (secondary N) is 3. The van der Waals surface area contributed by atoms with E-state index in [0.29, 0.717) is 17.0 Å². The third kappa shape index (κ3) is 5.47. The first kappa shape index (κ1) is 21.0. The van der Waals surface area contributed by atoms with Gasteiger partial charge in [0.05, 0.1) is 0 Å². The Kier molecular flexibility index (Phi) is 6.38. The van der Waals surface area contributed by atoms with Crippen molar-refractivity contribution in [2.24, 2.45) is 0 Å². The lowest BCUT2D eigenvalue weighted by Gasteiger charge is -2.10. The molecule has 4 aromatic rings. The van der Waals surface area contributed by atoms with Gasteiger partial charge in [-0.05, 0) is 54.2 Å². The monoisotopic (exact) mass is 441 g/mol. The third-order valence-corrected chi connectivity index (χ3v) is 4.70. The van der Waals surface area contributed by atoms with Crippen molar-refractivity contribution in [3.8, 4) is 0 Å². The molecule has 0 radical (unpaired) electrons. The molecule has 7 heteroatoms. The van der Waals surface area contributed by atoms with Crippen LogP contribution < -0.4 is 16.0 Å². The van der Waals surface area contributed by atoms with Gasteiger partial charge in [-0.15, -0.1) is 0 Å². The van der Waals surface area contributed by atoms with Crippen molar-refractivity contribution in [1.29, 1.82) is 0 Å². The Morgan fingerprint density at radius 3 is 2.31 bits per heavy atom. The predicted molar refractivity (Wildman–Crippen MR) is 130 cm³/mol. The van der Waals surface area contributed by atoms with E-state index in [1.54, 1.807) is 42.5 Å². The fraction of sp³-hybridized carbons (Fsp3) is 0. The van der Waals surface area contributed by atoms with Crippen molar-refractivity contribution in [2.75, 3.05) is 10.6 Å². The maximum Gasteiger partial charge on any atom is 0.291 e. The third-order valence-electron chi connectivity index (χ3n) is 4.49. The zero-order chi connectivity index (χ0) is 22.3. The van der Waals surface area contributed by atoms with Gasteiger partial charge in [0.15, 0.2) is 10.9 Å². The summed E-state index contributed by atoms with van der Waals surface area (Å²) in [6.07, 6.45) is 3.11. The molecule has 3 aromatic carbocycles. The largest absolute Gasteiger partial charge is 0.451 e. The molecule has 32 heavy (non-hydrogen) atoms. The first-order valence-corrected chi connectivity index (χ1v) is 10.2. The van der Waals surface area contributed by atoms with Crippen LogP contribution in [-0.2, 0) is 4.79 Å². The van der Waals surface area contributed by atoms with E-state index in [2.05, 4.69) is 16.0 Å². The number of hydrogen-bond acceptors (Lipinski definition) is 4. The Labute approximate surface area is 189 Å². The standard InChI is InChI=1S/C25H19N3O3S/c29-23(14-13-17-7-2-1-3-8-17)28-25(32)27-20-11-6-10-19(16-20)26-24(30)22-15-18-9-4-5-12-21(18)31-22/h1-16H,(H,26,30)(H2,27,28,29,32)/b14-13+. The molecule has 0 atom stereocenters. The summed E-state index contributed by atoms with van der Waals surface area (Å²) in [5.41, 5.74) is 2.73. The number of carbonyl (C=O) groups is 2. The zero-order valence-corrected chi connectivity index (χ0v) is 17.7. The van der Waals surface area contributed by atoms with Gasteiger partial charge in [-0.2, -0.15) is 0 Å². The summed E-state index contributed by atoms with van der Waals surface area (Å²) in [5, 5.41) is 9.33. The highest BCUT2D eigenvalue weighted by Crippen LogP contribution is 2.21. The summed E-state index contributed by atoms with van der Waals surface area (Å²) in [6, 6.07) is 25.6. The smallest absolute Gasteiger partial charge is 0.291 e. The van der Waals surface area contributed by atoms with Crippen LogP contribution in [-0.4, -0.2) is 16.9 Å². The fourth-order valence-electron chi connectivity index (χ4n) is 3.01. The summed E-state index contributed by atoms with van der Waals surface area (Å²) < 4.78 is 5.59. The second kappa shape index (κ2) is 9.72. The molecule has 3 N–H and O–H groups in total. The van der Waals surface area contributed by atoms with Gasteiger partial charge in [0.2, 0.25) is 5.91 Å². The van der Waals surface area contributed by atoms with Crippen LogP contribution in [0, 0.1) is 0 Å². The highest BCUT2D eigenvalue weighted by atomic mass is 32.1. The Bertz CT molecular complexity index is 1280. The van der Waals surface area contributed by atoms with E-state index in [4.69, 9.17) is 16.6 Å². The summed E-state index contributed by atoms with van der Waals surface area (Å²) >= 11 is 5.21. The van der Waals surface area contributed by atoms with Crippen molar-refractivity contribution in [3.63, 3.8) is 0 Å². The van der Waals surface area contributed by atoms with Gasteiger partial charge in [-0.25, -0.2) is 0 Å². The van der Waals surface area contributed by atoms with Gasteiger partial charge < -0.3 is 15.1 Å². The average molecular weight is 442 g/mol. The molecule has 4 rings (SSSR count). The Morgan fingerprint density at radius 2 is 1.53 bits per heavy atom. The number of anilines is 2. The van der Waals surface area contributed by atoms with E-state index in [0.717, 1.165) is 10.9 Å². The minimum absolute atomic E-state index is 0.147. The number of carbonyl (C=O) groups excluding carboxylic acids is 2. The van der Waals surface area contributed by atoms with Crippen LogP contribution in [0.2, 0.25) is 0 Å². The van der Waals surface area contributed by atoms with Crippen LogP contribution in [0.25, 0.3) is 17.0 Å². The quantitative estimate of drug-likeness (QED) is 0.292. The first-order chi connectivity index (χ1) is 15.6. The van der Waals surface area contributed by atoms with Crippen LogP contribution in [0.5, 0.6) is 0 Å². The lowest BCUT2D eigenvalue weighted by atomic mass is 10.2. The second-order valence-corrected chi connectivity index (χ2v) is 7.28. The van der Waals surface area contributed by atoms with E-state index < -0.39 is 0 Å². The van der Waals surface area contributed by atoms with Crippen LogP contribution in [0.1, 0.15) is 16.1 Å². The van der Waals surface area contributed by atoms with Gasteiger partial charge in [-0.3, -0.25) is 14.9 Å². The molecular weight excluding hydrogens is 422 g/mol. The molecule has 0 aliphatic carbocycles. The SMILES string of the molecule is O=C(/C=C/c1ccccc1)NC(=S)Nc1cccc(NC(=O)c2cc3ccccc3o2)c1. The number of rotatable bonds is 5. The first-order valence-electron chi connectivity index (χ1n) is 9.82. The van der Waals surface area contributed by atoms with E-state index >= 15 is 0 Å². The molecule has 0 unspecified atom stereocenters. The minimum Gasteiger partial charge on any atom is -0.451 e. The molecule has 0 saturated heterocycles.